The first-order valence-corrected chi connectivity index (χ1v) is 6.52. The number of carbonyl (C=O) groups is 1. The summed E-state index contributed by atoms with van der Waals surface area (Å²) in [4.78, 5) is 14.3. The molecule has 0 bridgehead atoms. The second-order valence-electron chi connectivity index (χ2n) is 5.04. The second kappa shape index (κ2) is 5.32. The molecule has 0 radical (unpaired) electrons. The minimum atomic E-state index is -1.30. The maximum Gasteiger partial charge on any atom is 1.00 e. The van der Waals surface area contributed by atoms with Gasteiger partial charge in [-0.3, -0.25) is 0 Å². The van der Waals surface area contributed by atoms with Gasteiger partial charge in [-0.25, -0.2) is 0 Å². The largest absolute Gasteiger partial charge is 1.00 e. The van der Waals surface area contributed by atoms with Crippen LogP contribution in [0, 0.1) is 0 Å². The number of aromatic amines is 1. The van der Waals surface area contributed by atoms with Gasteiger partial charge in [0.25, 0.3) is 0 Å². The fourth-order valence-corrected chi connectivity index (χ4v) is 2.88. The minimum absolute atomic E-state index is 0. The predicted octanol–water partition coefficient (Wildman–Crippen LogP) is -0.453. The number of carboxylic acids is 1. The fourth-order valence-electron chi connectivity index (χ4n) is 2.88. The van der Waals surface area contributed by atoms with E-state index >= 15 is 0 Å². The van der Waals surface area contributed by atoms with Crippen molar-refractivity contribution in [1.29, 1.82) is 0 Å². The quantitative estimate of drug-likeness (QED) is 0.467. The monoisotopic (exact) mass is 299 g/mol. The van der Waals surface area contributed by atoms with Crippen molar-refractivity contribution in [2.24, 2.45) is 0 Å². The van der Waals surface area contributed by atoms with Crippen molar-refractivity contribution in [2.75, 3.05) is 0 Å². The van der Waals surface area contributed by atoms with E-state index in [1.54, 1.807) is 0 Å². The van der Waals surface area contributed by atoms with Crippen LogP contribution in [0.15, 0.2) is 48.5 Å². The molecule has 4 rings (SSSR count). The number of carboxylic acid groups (broad SMARTS) is 1. The van der Waals surface area contributed by atoms with Gasteiger partial charge in [0.2, 0.25) is 0 Å². The summed E-state index contributed by atoms with van der Waals surface area (Å²) in [6.07, 6.45) is 0. The Morgan fingerprint density at radius 3 is 2.59 bits per heavy atom. The van der Waals surface area contributed by atoms with Gasteiger partial charge in [0.15, 0.2) is 0 Å². The number of aromatic hydroxyl groups is 1. The summed E-state index contributed by atoms with van der Waals surface area (Å²) in [6, 6.07) is 14.3. The van der Waals surface area contributed by atoms with Gasteiger partial charge in [-0.05, 0) is 23.6 Å². The van der Waals surface area contributed by atoms with Crippen LogP contribution in [0.3, 0.4) is 0 Å². The molecule has 2 N–H and O–H groups in total. The number of H-pyrrole nitrogens is 1. The Balaban J connectivity index is 0.00000144. The number of fused-ring (bicyclic) bond motifs is 5. The maximum absolute atomic E-state index is 11.0. The van der Waals surface area contributed by atoms with Gasteiger partial charge in [0.05, 0.1) is 11.5 Å². The van der Waals surface area contributed by atoms with Gasteiger partial charge in [-0.1, -0.05) is 30.3 Å². The van der Waals surface area contributed by atoms with Crippen LogP contribution in [-0.4, -0.2) is 16.1 Å². The van der Waals surface area contributed by atoms with E-state index in [-0.39, 0.29) is 40.9 Å². The molecule has 0 fully saturated rings. The number of para-hydroxylation sites is 1. The molecule has 0 unspecified atom stereocenters. The average molecular weight is 299 g/mol. The number of aromatic carboxylic acids is 1. The van der Waals surface area contributed by atoms with Gasteiger partial charge in [0.1, 0.15) is 5.75 Å². The van der Waals surface area contributed by atoms with Crippen molar-refractivity contribution in [3.05, 3.63) is 54.1 Å². The van der Waals surface area contributed by atoms with E-state index < -0.39 is 5.97 Å². The van der Waals surface area contributed by atoms with Crippen LogP contribution >= 0.6 is 0 Å². The Hall–Kier alpha value is -2.01. The molecule has 1 aromatic heterocycles. The summed E-state index contributed by atoms with van der Waals surface area (Å²) < 4.78 is 0. The Morgan fingerprint density at radius 2 is 1.82 bits per heavy atom. The number of hydrogen-bond acceptors (Lipinski definition) is 3. The fraction of sp³-hybridized carbons (Fsp3) is 0. The first-order valence-electron chi connectivity index (χ1n) is 6.52. The second-order valence-corrected chi connectivity index (χ2v) is 5.04. The van der Waals surface area contributed by atoms with Crippen LogP contribution in [0.1, 0.15) is 10.4 Å². The number of nitrogens with one attached hydrogen (secondary N) is 1. The molecular weight excluding hydrogens is 289 g/mol. The standard InChI is InChI=1S/C17H11NO3.Na/c19-14-8-10(17(20)21)7-9-5-6-12-11-3-1-2-4-13(11)18-16(12)15(9)14;/h1-8,18-19H,(H,20,21);/q;+1/p-1. The molecule has 0 aliphatic rings. The summed E-state index contributed by atoms with van der Waals surface area (Å²) >= 11 is 0. The molecule has 0 spiro atoms. The molecule has 0 amide bonds. The smallest absolute Gasteiger partial charge is 0.545 e. The molecule has 0 saturated heterocycles. The zero-order chi connectivity index (χ0) is 14.6. The van der Waals surface area contributed by atoms with E-state index in [1.165, 1.54) is 12.1 Å². The normalized spacial score (nSPS) is 10.9. The number of carbonyl (C=O) groups excluding carboxylic acids is 1. The molecule has 0 aliphatic heterocycles. The van der Waals surface area contributed by atoms with Crippen LogP contribution in [0.4, 0.5) is 0 Å². The first kappa shape index (κ1) is 14.9. The van der Waals surface area contributed by atoms with Crippen molar-refractivity contribution in [2.45, 2.75) is 0 Å². The van der Waals surface area contributed by atoms with Gasteiger partial charge in [-0.15, -0.1) is 0 Å². The van der Waals surface area contributed by atoms with E-state index in [0.29, 0.717) is 10.8 Å². The summed E-state index contributed by atoms with van der Waals surface area (Å²) in [5.41, 5.74) is 1.75. The molecular formula is C17H10NNaO3. The van der Waals surface area contributed by atoms with Crippen LogP contribution in [-0.2, 0) is 0 Å². The van der Waals surface area contributed by atoms with Crippen molar-refractivity contribution >= 4 is 38.5 Å². The molecule has 1 heterocycles. The molecule has 22 heavy (non-hydrogen) atoms. The van der Waals surface area contributed by atoms with Crippen molar-refractivity contribution < 1.29 is 44.6 Å². The van der Waals surface area contributed by atoms with Gasteiger partial charge >= 0.3 is 29.6 Å². The number of phenols is 1. The molecule has 3 aromatic carbocycles. The molecule has 0 atom stereocenters. The van der Waals surface area contributed by atoms with E-state index in [9.17, 15) is 15.0 Å². The van der Waals surface area contributed by atoms with E-state index in [1.807, 2.05) is 36.4 Å². The molecule has 4 aromatic rings. The first-order chi connectivity index (χ1) is 10.1. The maximum atomic E-state index is 11.0. The van der Waals surface area contributed by atoms with E-state index in [2.05, 4.69) is 4.98 Å². The van der Waals surface area contributed by atoms with Gasteiger partial charge < -0.3 is 20.0 Å². The van der Waals surface area contributed by atoms with E-state index in [4.69, 9.17) is 0 Å². The third-order valence-corrected chi connectivity index (χ3v) is 3.81. The van der Waals surface area contributed by atoms with Gasteiger partial charge in [-0.2, -0.15) is 0 Å². The Kier molecular flexibility index (Phi) is 3.60. The summed E-state index contributed by atoms with van der Waals surface area (Å²) in [6.45, 7) is 0. The topological polar surface area (TPSA) is 76.2 Å². The molecule has 0 aliphatic carbocycles. The van der Waals surface area contributed by atoms with Crippen LogP contribution in [0.2, 0.25) is 0 Å². The van der Waals surface area contributed by atoms with Gasteiger partial charge in [0, 0.05) is 27.2 Å². The molecule has 5 heteroatoms. The number of benzene rings is 3. The molecule has 0 saturated carbocycles. The third-order valence-electron chi connectivity index (χ3n) is 3.81. The Labute approximate surface area is 147 Å². The van der Waals surface area contributed by atoms with Crippen molar-refractivity contribution in [1.82, 2.24) is 4.98 Å². The minimum Gasteiger partial charge on any atom is -0.545 e. The average Bonchev–Trinajstić information content (AvgIpc) is 2.85. The molecule has 4 nitrogen and oxygen atoms in total. The number of hydrogen-bond donors (Lipinski definition) is 2. The van der Waals surface area contributed by atoms with E-state index in [0.717, 1.165) is 21.8 Å². The SMILES string of the molecule is O=C([O-])c1cc(O)c2c(ccc3c4ccccc4[nH]c32)c1.[Na+]. The van der Waals surface area contributed by atoms with Crippen molar-refractivity contribution in [3.8, 4) is 5.75 Å². The van der Waals surface area contributed by atoms with Crippen LogP contribution < -0.4 is 34.7 Å². The summed E-state index contributed by atoms with van der Waals surface area (Å²) in [5, 5.41) is 24.5. The summed E-state index contributed by atoms with van der Waals surface area (Å²) in [7, 11) is 0. The molecule has 102 valence electrons. The summed E-state index contributed by atoms with van der Waals surface area (Å²) in [5.74, 6) is -1.37. The van der Waals surface area contributed by atoms with Crippen LogP contribution in [0.5, 0.6) is 5.75 Å². The number of rotatable bonds is 1. The predicted molar refractivity (Wildman–Crippen MR) is 79.3 cm³/mol. The third kappa shape index (κ3) is 2.08. The van der Waals surface area contributed by atoms with Crippen molar-refractivity contribution in [3.63, 3.8) is 0 Å². The Bertz CT molecular complexity index is 1040. The number of phenolic OH excluding ortho intramolecular Hbond substituents is 1. The number of aromatic nitrogens is 1. The zero-order valence-corrected chi connectivity index (χ0v) is 13.9. The zero-order valence-electron chi connectivity index (χ0n) is 11.9. The Morgan fingerprint density at radius 1 is 1.05 bits per heavy atom. The van der Waals surface area contributed by atoms with Crippen LogP contribution in [0.25, 0.3) is 32.6 Å².